The molecule has 2 amide bonds. The molecule has 0 radical (unpaired) electrons. The highest BCUT2D eigenvalue weighted by Crippen LogP contribution is 2.34. The van der Waals surface area contributed by atoms with Crippen LogP contribution in [0.3, 0.4) is 0 Å². The molecule has 45 heavy (non-hydrogen) atoms. The third-order valence-corrected chi connectivity index (χ3v) is 8.88. The third-order valence-electron chi connectivity index (χ3n) is 8.88. The molecule has 6 nitrogen and oxygen atoms in total. The van der Waals surface area contributed by atoms with Crippen LogP contribution in [0.1, 0.15) is 95.9 Å². The van der Waals surface area contributed by atoms with Crippen LogP contribution in [0.25, 0.3) is 11.1 Å². The second-order valence-corrected chi connectivity index (χ2v) is 12.0. The molecule has 4 aromatic rings. The van der Waals surface area contributed by atoms with Crippen LogP contribution in [0, 0.1) is 0 Å². The molecule has 2 unspecified atom stereocenters. The highest BCUT2D eigenvalue weighted by molar-refractivity contribution is 5.94. The van der Waals surface area contributed by atoms with E-state index in [1.807, 2.05) is 49.4 Å². The fourth-order valence-electron chi connectivity index (χ4n) is 6.36. The molecule has 0 heterocycles. The molecule has 2 atom stereocenters. The summed E-state index contributed by atoms with van der Waals surface area (Å²) >= 11 is 0. The van der Waals surface area contributed by atoms with Crippen molar-refractivity contribution in [1.82, 2.24) is 10.6 Å². The summed E-state index contributed by atoms with van der Waals surface area (Å²) in [6.45, 7) is 2.10. The molecule has 0 aliphatic heterocycles. The first kappa shape index (κ1) is 31.7. The van der Waals surface area contributed by atoms with Gasteiger partial charge in [-0.2, -0.15) is 0 Å². The molecular weight excluding hydrogens is 560 g/mol. The number of carboxylic acids is 1. The molecule has 0 aromatic heterocycles. The molecule has 0 bridgehead atoms. The first-order valence-electron chi connectivity index (χ1n) is 16.0. The molecule has 5 rings (SSSR count). The maximum Gasteiger partial charge on any atom is 0.305 e. The van der Waals surface area contributed by atoms with E-state index < -0.39 is 11.9 Å². The third kappa shape index (κ3) is 8.48. The number of amides is 2. The van der Waals surface area contributed by atoms with Crippen molar-refractivity contribution in [2.45, 2.75) is 69.7 Å². The van der Waals surface area contributed by atoms with Crippen molar-refractivity contribution in [2.75, 3.05) is 6.54 Å². The molecule has 6 heteroatoms. The smallest absolute Gasteiger partial charge is 0.305 e. The Balaban J connectivity index is 1.36. The van der Waals surface area contributed by atoms with Crippen molar-refractivity contribution >= 4 is 17.8 Å². The number of rotatable bonds is 12. The molecule has 1 saturated carbocycles. The van der Waals surface area contributed by atoms with Gasteiger partial charge in [-0.15, -0.1) is 0 Å². The molecule has 1 aliphatic carbocycles. The quantitative estimate of drug-likeness (QED) is 0.154. The summed E-state index contributed by atoms with van der Waals surface area (Å²) in [5.41, 5.74) is 6.96. The molecule has 232 valence electrons. The Morgan fingerprint density at radius 3 is 2.16 bits per heavy atom. The van der Waals surface area contributed by atoms with Crippen molar-refractivity contribution in [1.29, 1.82) is 0 Å². The van der Waals surface area contributed by atoms with Crippen LogP contribution in [0.4, 0.5) is 0 Å². The van der Waals surface area contributed by atoms with Crippen LogP contribution in [-0.2, 0) is 16.0 Å². The monoisotopic (exact) mass is 602 g/mol. The van der Waals surface area contributed by atoms with Crippen LogP contribution in [0.15, 0.2) is 103 Å². The van der Waals surface area contributed by atoms with Crippen molar-refractivity contribution in [3.63, 3.8) is 0 Å². The Morgan fingerprint density at radius 2 is 1.47 bits per heavy atom. The minimum Gasteiger partial charge on any atom is -0.481 e. The lowest BCUT2D eigenvalue weighted by molar-refractivity contribution is -0.136. The molecule has 0 saturated heterocycles. The Bertz CT molecular complexity index is 1580. The van der Waals surface area contributed by atoms with E-state index in [1.54, 1.807) is 12.1 Å². The number of carbonyl (C=O) groups is 3. The average molecular weight is 603 g/mol. The SMILES string of the molecule is CC(NC(=O)C(Cc1ccc(C(=O)NCCC(=O)O)cc1)c1ccc(C2CCCCC2)cc1)c1ccccc1-c1ccccc1. The van der Waals surface area contributed by atoms with E-state index in [-0.39, 0.29) is 30.8 Å². The zero-order valence-electron chi connectivity index (χ0n) is 25.9. The van der Waals surface area contributed by atoms with Crippen molar-refractivity contribution < 1.29 is 19.5 Å². The lowest BCUT2D eigenvalue weighted by Crippen LogP contribution is -2.33. The fourth-order valence-corrected chi connectivity index (χ4v) is 6.36. The van der Waals surface area contributed by atoms with Gasteiger partial charge >= 0.3 is 5.97 Å². The Morgan fingerprint density at radius 1 is 0.800 bits per heavy atom. The first-order chi connectivity index (χ1) is 21.9. The predicted octanol–water partition coefficient (Wildman–Crippen LogP) is 7.81. The van der Waals surface area contributed by atoms with Gasteiger partial charge in [0, 0.05) is 12.1 Å². The average Bonchev–Trinajstić information content (AvgIpc) is 3.08. The summed E-state index contributed by atoms with van der Waals surface area (Å²) in [4.78, 5) is 37.3. The van der Waals surface area contributed by atoms with Crippen LogP contribution < -0.4 is 10.6 Å². The molecular formula is C39H42N2O4. The summed E-state index contributed by atoms with van der Waals surface area (Å²) < 4.78 is 0. The van der Waals surface area contributed by atoms with Gasteiger partial charge < -0.3 is 15.7 Å². The van der Waals surface area contributed by atoms with E-state index in [4.69, 9.17) is 5.11 Å². The second-order valence-electron chi connectivity index (χ2n) is 12.0. The van der Waals surface area contributed by atoms with Crippen LogP contribution in [0.2, 0.25) is 0 Å². The van der Waals surface area contributed by atoms with E-state index in [0.29, 0.717) is 17.9 Å². The number of hydrogen-bond acceptors (Lipinski definition) is 3. The molecule has 0 spiro atoms. The number of carbonyl (C=O) groups excluding carboxylic acids is 2. The lowest BCUT2D eigenvalue weighted by atomic mass is 9.82. The number of carboxylic acid groups (broad SMARTS) is 1. The molecule has 1 aliphatic rings. The van der Waals surface area contributed by atoms with Gasteiger partial charge in [0.25, 0.3) is 5.91 Å². The van der Waals surface area contributed by atoms with Gasteiger partial charge in [0.2, 0.25) is 5.91 Å². The minimum atomic E-state index is -0.959. The largest absolute Gasteiger partial charge is 0.481 e. The summed E-state index contributed by atoms with van der Waals surface area (Å²) in [6, 6.07) is 34.0. The minimum absolute atomic E-state index is 0.0497. The highest BCUT2D eigenvalue weighted by atomic mass is 16.4. The maximum atomic E-state index is 14.1. The lowest BCUT2D eigenvalue weighted by Gasteiger charge is -2.24. The number of aliphatic carboxylic acids is 1. The number of benzene rings is 4. The van der Waals surface area contributed by atoms with Crippen LogP contribution in [0.5, 0.6) is 0 Å². The van der Waals surface area contributed by atoms with Gasteiger partial charge in [-0.05, 0) is 77.6 Å². The molecule has 4 aromatic carbocycles. The van der Waals surface area contributed by atoms with Gasteiger partial charge in [-0.1, -0.05) is 110 Å². The van der Waals surface area contributed by atoms with Crippen molar-refractivity contribution in [3.05, 3.63) is 131 Å². The first-order valence-corrected chi connectivity index (χ1v) is 16.0. The summed E-state index contributed by atoms with van der Waals surface area (Å²) in [7, 11) is 0. The van der Waals surface area contributed by atoms with Crippen molar-refractivity contribution in [3.8, 4) is 11.1 Å². The fraction of sp³-hybridized carbons (Fsp3) is 0.308. The Kier molecular flexibility index (Phi) is 10.8. The normalized spacial score (nSPS) is 14.7. The Hall–Kier alpha value is -4.71. The standard InChI is InChI=1S/C39H42N2O4/c1-27(34-14-8-9-15-35(34)31-12-6-3-7-13-31)41-39(45)36(32-22-20-30(21-23-32)29-10-4-2-5-11-29)26-28-16-18-33(19-17-28)38(44)40-25-24-37(42)43/h3,6-9,12-23,27,29,36H,2,4-5,10-11,24-26H2,1H3,(H,40,44)(H,41,45)(H,42,43). The zero-order chi connectivity index (χ0) is 31.6. The van der Waals surface area contributed by atoms with E-state index >= 15 is 0 Å². The highest BCUT2D eigenvalue weighted by Gasteiger charge is 2.25. The topological polar surface area (TPSA) is 95.5 Å². The molecule has 1 fully saturated rings. The summed E-state index contributed by atoms with van der Waals surface area (Å²) in [6.07, 6.45) is 6.64. The van der Waals surface area contributed by atoms with Gasteiger partial charge in [0.05, 0.1) is 18.4 Å². The van der Waals surface area contributed by atoms with E-state index in [2.05, 4.69) is 59.2 Å². The predicted molar refractivity (Wildman–Crippen MR) is 178 cm³/mol. The van der Waals surface area contributed by atoms with Crippen molar-refractivity contribution in [2.24, 2.45) is 0 Å². The van der Waals surface area contributed by atoms with Gasteiger partial charge in [-0.25, -0.2) is 0 Å². The van der Waals surface area contributed by atoms with Gasteiger partial charge in [-0.3, -0.25) is 14.4 Å². The van der Waals surface area contributed by atoms with E-state index in [0.717, 1.165) is 27.8 Å². The summed E-state index contributed by atoms with van der Waals surface area (Å²) in [5.74, 6) is -1.16. The zero-order valence-corrected chi connectivity index (χ0v) is 25.9. The molecule has 3 N–H and O–H groups in total. The number of hydrogen-bond donors (Lipinski definition) is 3. The van der Waals surface area contributed by atoms with Gasteiger partial charge in [0.1, 0.15) is 0 Å². The van der Waals surface area contributed by atoms with E-state index in [1.165, 1.54) is 37.7 Å². The second kappa shape index (κ2) is 15.3. The van der Waals surface area contributed by atoms with Gasteiger partial charge in [0.15, 0.2) is 0 Å². The van der Waals surface area contributed by atoms with Crippen LogP contribution >= 0.6 is 0 Å². The Labute approximate surface area is 265 Å². The summed E-state index contributed by atoms with van der Waals surface area (Å²) in [5, 5.41) is 14.8. The van der Waals surface area contributed by atoms with E-state index in [9.17, 15) is 14.4 Å². The van der Waals surface area contributed by atoms with Crippen LogP contribution in [-0.4, -0.2) is 29.4 Å². The number of nitrogens with one attached hydrogen (secondary N) is 2. The maximum absolute atomic E-state index is 14.1.